The van der Waals surface area contributed by atoms with E-state index in [9.17, 15) is 5.26 Å². The van der Waals surface area contributed by atoms with Gasteiger partial charge < -0.3 is 20.9 Å². The highest BCUT2D eigenvalue weighted by molar-refractivity contribution is 9.10. The van der Waals surface area contributed by atoms with Crippen LogP contribution >= 0.6 is 15.9 Å². The molecule has 1 aromatic heterocycles. The van der Waals surface area contributed by atoms with Crippen molar-refractivity contribution >= 4 is 27.7 Å². The van der Waals surface area contributed by atoms with Gasteiger partial charge in [-0.25, -0.2) is 4.98 Å². The van der Waals surface area contributed by atoms with Crippen LogP contribution in [0.5, 0.6) is 11.5 Å². The first kappa shape index (κ1) is 16.8. The lowest BCUT2D eigenvalue weighted by Crippen LogP contribution is -2.05. The van der Waals surface area contributed by atoms with Crippen LogP contribution < -0.4 is 20.9 Å². The Hall–Kier alpha value is -2.53. The van der Waals surface area contributed by atoms with Gasteiger partial charge in [0.1, 0.15) is 17.5 Å². The quantitative estimate of drug-likeness (QED) is 0.821. The van der Waals surface area contributed by atoms with E-state index >= 15 is 0 Å². The second-order valence-electron chi connectivity index (χ2n) is 4.64. The van der Waals surface area contributed by atoms with Gasteiger partial charge in [-0.1, -0.05) is 6.92 Å². The molecule has 0 saturated carbocycles. The second kappa shape index (κ2) is 7.15. The molecule has 0 saturated heterocycles. The molecule has 0 aliphatic carbocycles. The van der Waals surface area contributed by atoms with Crippen LogP contribution in [-0.2, 0) is 0 Å². The van der Waals surface area contributed by atoms with E-state index in [1.165, 1.54) is 7.11 Å². The van der Waals surface area contributed by atoms with Crippen molar-refractivity contribution in [3.05, 3.63) is 22.2 Å². The third kappa shape index (κ3) is 3.46. The smallest absolute Gasteiger partial charge is 0.222 e. The largest absolute Gasteiger partial charge is 0.493 e. The summed E-state index contributed by atoms with van der Waals surface area (Å²) in [6.45, 7) is 2.57. The summed E-state index contributed by atoms with van der Waals surface area (Å²) in [6.07, 6.45) is 0.870. The average molecular weight is 378 g/mol. The molecule has 4 N–H and O–H groups in total. The van der Waals surface area contributed by atoms with Crippen molar-refractivity contribution in [3.8, 4) is 28.8 Å². The minimum Gasteiger partial charge on any atom is -0.493 e. The molecule has 2 aromatic rings. The minimum absolute atomic E-state index is 0.00195. The number of methoxy groups -OCH3 is 1. The molecule has 0 atom stereocenters. The molecule has 2 rings (SSSR count). The van der Waals surface area contributed by atoms with E-state index in [0.717, 1.165) is 6.42 Å². The summed E-state index contributed by atoms with van der Waals surface area (Å²) < 4.78 is 11.7. The Bertz CT molecular complexity index is 773. The lowest BCUT2D eigenvalue weighted by Gasteiger charge is -2.14. The molecule has 7 nitrogen and oxygen atoms in total. The zero-order chi connectivity index (χ0) is 17.0. The summed E-state index contributed by atoms with van der Waals surface area (Å²) in [5.74, 6) is 1.14. The van der Waals surface area contributed by atoms with Crippen molar-refractivity contribution in [2.24, 2.45) is 0 Å². The number of nitriles is 1. The number of benzene rings is 1. The fraction of sp³-hybridized carbons (Fsp3) is 0.267. The summed E-state index contributed by atoms with van der Waals surface area (Å²) in [5.41, 5.74) is 12.5. The number of ether oxygens (including phenoxy) is 2. The number of nitrogen functional groups attached to an aromatic ring is 2. The Labute approximate surface area is 142 Å². The van der Waals surface area contributed by atoms with Gasteiger partial charge in [0.25, 0.3) is 0 Å². The summed E-state index contributed by atoms with van der Waals surface area (Å²) in [5, 5.41) is 9.30. The van der Waals surface area contributed by atoms with Crippen molar-refractivity contribution in [3.63, 3.8) is 0 Å². The molecular formula is C15H16BrN5O2. The molecule has 0 spiro atoms. The number of nitrogens with zero attached hydrogens (tertiary/aromatic N) is 3. The SMILES string of the molecule is CCCOc1c(Br)cc(-c2nc(N)nc(N)c2C#N)cc1OC. The van der Waals surface area contributed by atoms with Gasteiger partial charge in [0.15, 0.2) is 11.5 Å². The summed E-state index contributed by atoms with van der Waals surface area (Å²) in [7, 11) is 1.54. The Morgan fingerprint density at radius 2 is 2.04 bits per heavy atom. The van der Waals surface area contributed by atoms with Crippen molar-refractivity contribution in [2.75, 3.05) is 25.2 Å². The molecule has 0 unspecified atom stereocenters. The lowest BCUT2D eigenvalue weighted by atomic mass is 10.1. The number of hydrogen-bond donors (Lipinski definition) is 2. The summed E-state index contributed by atoms with van der Waals surface area (Å²) >= 11 is 3.46. The summed E-state index contributed by atoms with van der Waals surface area (Å²) in [4.78, 5) is 7.94. The molecule has 0 amide bonds. The average Bonchev–Trinajstić information content (AvgIpc) is 2.52. The van der Waals surface area contributed by atoms with Gasteiger partial charge in [0, 0.05) is 5.56 Å². The minimum atomic E-state index is -0.00195. The third-order valence-corrected chi connectivity index (χ3v) is 3.61. The topological polar surface area (TPSA) is 120 Å². The Morgan fingerprint density at radius 3 is 2.65 bits per heavy atom. The molecule has 0 fully saturated rings. The maximum atomic E-state index is 9.30. The fourth-order valence-electron chi connectivity index (χ4n) is 2.02. The van der Waals surface area contributed by atoms with Gasteiger partial charge in [0.05, 0.1) is 23.9 Å². The van der Waals surface area contributed by atoms with Crippen LogP contribution in [0.25, 0.3) is 11.3 Å². The molecule has 1 aromatic carbocycles. The van der Waals surface area contributed by atoms with Crippen LogP contribution in [0.15, 0.2) is 16.6 Å². The molecule has 0 bridgehead atoms. The van der Waals surface area contributed by atoms with Gasteiger partial charge in [0.2, 0.25) is 5.95 Å². The van der Waals surface area contributed by atoms with Crippen molar-refractivity contribution < 1.29 is 9.47 Å². The third-order valence-electron chi connectivity index (χ3n) is 3.02. The molecule has 1 heterocycles. The molecule has 120 valence electrons. The molecule has 23 heavy (non-hydrogen) atoms. The highest BCUT2D eigenvalue weighted by Crippen LogP contribution is 2.40. The standard InChI is InChI=1S/C15H16BrN5O2/c1-3-4-23-13-10(16)5-8(6-11(13)22-2)12-9(7-17)14(18)21-15(19)20-12/h5-6H,3-4H2,1-2H3,(H4,18,19,20,21). The maximum Gasteiger partial charge on any atom is 0.222 e. The van der Waals surface area contributed by atoms with E-state index in [0.29, 0.717) is 33.8 Å². The van der Waals surface area contributed by atoms with E-state index in [1.807, 2.05) is 13.0 Å². The van der Waals surface area contributed by atoms with Crippen LogP contribution in [0, 0.1) is 11.3 Å². The van der Waals surface area contributed by atoms with Crippen LogP contribution in [0.2, 0.25) is 0 Å². The first-order valence-corrected chi connectivity index (χ1v) is 7.64. The normalized spacial score (nSPS) is 10.2. The highest BCUT2D eigenvalue weighted by Gasteiger charge is 2.18. The summed E-state index contributed by atoms with van der Waals surface area (Å²) in [6, 6.07) is 5.50. The Morgan fingerprint density at radius 1 is 1.30 bits per heavy atom. The predicted octanol–water partition coefficient (Wildman–Crippen LogP) is 2.74. The van der Waals surface area contributed by atoms with Gasteiger partial charge in [-0.05, 0) is 34.5 Å². The number of rotatable bonds is 5. The van der Waals surface area contributed by atoms with Crippen molar-refractivity contribution in [1.29, 1.82) is 5.26 Å². The van der Waals surface area contributed by atoms with Crippen LogP contribution in [0.1, 0.15) is 18.9 Å². The van der Waals surface area contributed by atoms with Crippen LogP contribution in [0.4, 0.5) is 11.8 Å². The number of aromatic nitrogens is 2. The first-order valence-electron chi connectivity index (χ1n) is 6.85. The maximum absolute atomic E-state index is 9.30. The van der Waals surface area contributed by atoms with Crippen LogP contribution in [-0.4, -0.2) is 23.7 Å². The second-order valence-corrected chi connectivity index (χ2v) is 5.49. The number of anilines is 2. The Kier molecular flexibility index (Phi) is 5.24. The first-order chi connectivity index (χ1) is 11.0. The monoisotopic (exact) mass is 377 g/mol. The number of hydrogen-bond acceptors (Lipinski definition) is 7. The lowest BCUT2D eigenvalue weighted by molar-refractivity contribution is 0.292. The van der Waals surface area contributed by atoms with Gasteiger partial charge in [-0.15, -0.1) is 0 Å². The van der Waals surface area contributed by atoms with E-state index in [2.05, 4.69) is 25.9 Å². The fourth-order valence-corrected chi connectivity index (χ4v) is 2.57. The van der Waals surface area contributed by atoms with Crippen molar-refractivity contribution in [1.82, 2.24) is 9.97 Å². The van der Waals surface area contributed by atoms with Crippen LogP contribution in [0.3, 0.4) is 0 Å². The van der Waals surface area contributed by atoms with E-state index in [4.69, 9.17) is 20.9 Å². The number of nitrogens with two attached hydrogens (primary N) is 2. The number of halogens is 1. The molecule has 0 aliphatic heterocycles. The van der Waals surface area contributed by atoms with E-state index < -0.39 is 0 Å². The predicted molar refractivity (Wildman–Crippen MR) is 91.0 cm³/mol. The van der Waals surface area contributed by atoms with Gasteiger partial charge >= 0.3 is 0 Å². The van der Waals surface area contributed by atoms with E-state index in [-0.39, 0.29) is 17.3 Å². The molecule has 0 radical (unpaired) electrons. The Balaban J connectivity index is 2.62. The molecular weight excluding hydrogens is 362 g/mol. The highest BCUT2D eigenvalue weighted by atomic mass is 79.9. The zero-order valence-corrected chi connectivity index (χ0v) is 14.3. The molecule has 0 aliphatic rings. The van der Waals surface area contributed by atoms with Gasteiger partial charge in [-0.3, -0.25) is 0 Å². The zero-order valence-electron chi connectivity index (χ0n) is 12.8. The molecule has 8 heteroatoms. The van der Waals surface area contributed by atoms with Crippen molar-refractivity contribution in [2.45, 2.75) is 13.3 Å². The van der Waals surface area contributed by atoms with Gasteiger partial charge in [-0.2, -0.15) is 10.2 Å². The van der Waals surface area contributed by atoms with E-state index in [1.54, 1.807) is 12.1 Å².